The molecule has 0 aromatic carbocycles. The number of carboxylic acids is 1. The molecule has 2 heterocycles. The van der Waals surface area contributed by atoms with E-state index in [1.807, 2.05) is 17.5 Å². The standard InChI is InChI=1S/C18H21N3O3S/c1-12-4-6-18(7-5-12,17(23)24)21-15(22)9-14-11-25-16(20-14)13-3-2-8-19-10-13/h2-3,8,10-12H,4-7,9H2,1H3,(H,21,22)(H,23,24). The van der Waals surface area contributed by atoms with Gasteiger partial charge in [-0.25, -0.2) is 9.78 Å². The first-order chi connectivity index (χ1) is 12.0. The molecule has 0 aliphatic heterocycles. The van der Waals surface area contributed by atoms with Crippen LogP contribution in [0.1, 0.15) is 38.3 Å². The molecule has 7 heteroatoms. The van der Waals surface area contributed by atoms with Crippen molar-refractivity contribution in [2.45, 2.75) is 44.6 Å². The van der Waals surface area contributed by atoms with Crippen molar-refractivity contribution in [3.05, 3.63) is 35.6 Å². The highest BCUT2D eigenvalue weighted by Crippen LogP contribution is 2.32. The minimum Gasteiger partial charge on any atom is -0.480 e. The lowest BCUT2D eigenvalue weighted by atomic mass is 9.77. The number of hydrogen-bond acceptors (Lipinski definition) is 5. The molecule has 1 aliphatic carbocycles. The number of nitrogens with one attached hydrogen (secondary N) is 1. The second-order valence-corrected chi connectivity index (χ2v) is 7.54. The summed E-state index contributed by atoms with van der Waals surface area (Å²) in [4.78, 5) is 32.6. The number of aliphatic carboxylic acids is 1. The molecular weight excluding hydrogens is 338 g/mol. The molecule has 2 N–H and O–H groups in total. The zero-order valence-corrected chi connectivity index (χ0v) is 14.9. The van der Waals surface area contributed by atoms with Gasteiger partial charge in [0.05, 0.1) is 12.1 Å². The van der Waals surface area contributed by atoms with Crippen LogP contribution in [0.4, 0.5) is 0 Å². The Hall–Kier alpha value is -2.28. The minimum absolute atomic E-state index is 0.0847. The first-order valence-electron chi connectivity index (χ1n) is 8.38. The van der Waals surface area contributed by atoms with Crippen molar-refractivity contribution in [3.63, 3.8) is 0 Å². The van der Waals surface area contributed by atoms with Crippen LogP contribution in [0.2, 0.25) is 0 Å². The number of thiazole rings is 1. The Labute approximate surface area is 150 Å². The molecule has 2 aromatic heterocycles. The number of aromatic nitrogens is 2. The van der Waals surface area contributed by atoms with Crippen LogP contribution >= 0.6 is 11.3 Å². The number of amides is 1. The van der Waals surface area contributed by atoms with Crippen molar-refractivity contribution in [1.82, 2.24) is 15.3 Å². The fraction of sp³-hybridized carbons (Fsp3) is 0.444. The minimum atomic E-state index is -1.13. The normalized spacial score (nSPS) is 23.2. The third-order valence-corrected chi connectivity index (χ3v) is 5.66. The molecule has 1 amide bonds. The SMILES string of the molecule is CC1CCC(NC(=O)Cc2csc(-c3cccnc3)n2)(C(=O)O)CC1. The van der Waals surface area contributed by atoms with Gasteiger partial charge in [-0.2, -0.15) is 0 Å². The third kappa shape index (κ3) is 4.04. The first kappa shape index (κ1) is 17.5. The van der Waals surface area contributed by atoms with Gasteiger partial charge < -0.3 is 10.4 Å². The van der Waals surface area contributed by atoms with Crippen molar-refractivity contribution in [2.24, 2.45) is 5.92 Å². The largest absolute Gasteiger partial charge is 0.480 e. The van der Waals surface area contributed by atoms with Crippen molar-refractivity contribution in [1.29, 1.82) is 0 Å². The highest BCUT2D eigenvalue weighted by molar-refractivity contribution is 7.13. The summed E-state index contributed by atoms with van der Waals surface area (Å²) in [5.74, 6) is -0.730. The highest BCUT2D eigenvalue weighted by atomic mass is 32.1. The zero-order chi connectivity index (χ0) is 17.9. The average molecular weight is 359 g/mol. The number of rotatable bonds is 5. The first-order valence-corrected chi connectivity index (χ1v) is 9.26. The smallest absolute Gasteiger partial charge is 0.329 e. The summed E-state index contributed by atoms with van der Waals surface area (Å²) in [7, 11) is 0. The van der Waals surface area contributed by atoms with Gasteiger partial charge in [0.25, 0.3) is 0 Å². The molecule has 1 saturated carbocycles. The number of pyridine rings is 1. The van der Waals surface area contributed by atoms with Gasteiger partial charge in [-0.15, -0.1) is 11.3 Å². The van der Waals surface area contributed by atoms with Crippen molar-refractivity contribution < 1.29 is 14.7 Å². The number of hydrogen-bond donors (Lipinski definition) is 2. The molecule has 25 heavy (non-hydrogen) atoms. The van der Waals surface area contributed by atoms with Gasteiger partial charge >= 0.3 is 5.97 Å². The highest BCUT2D eigenvalue weighted by Gasteiger charge is 2.42. The Balaban J connectivity index is 1.66. The fourth-order valence-electron chi connectivity index (χ4n) is 3.13. The van der Waals surface area contributed by atoms with Crippen molar-refractivity contribution in [3.8, 4) is 10.6 Å². The van der Waals surface area contributed by atoms with Crippen LogP contribution < -0.4 is 5.32 Å². The molecule has 3 rings (SSSR count). The van der Waals surface area contributed by atoms with E-state index in [0.29, 0.717) is 24.5 Å². The summed E-state index contributed by atoms with van der Waals surface area (Å²) >= 11 is 1.45. The Morgan fingerprint density at radius 3 is 2.80 bits per heavy atom. The van der Waals surface area contributed by atoms with Gasteiger partial charge in [0.1, 0.15) is 10.5 Å². The van der Waals surface area contributed by atoms with Gasteiger partial charge in [-0.1, -0.05) is 6.92 Å². The Morgan fingerprint density at radius 1 is 1.40 bits per heavy atom. The summed E-state index contributed by atoms with van der Waals surface area (Å²) in [5, 5.41) is 15.0. The topological polar surface area (TPSA) is 92.2 Å². The molecule has 0 spiro atoms. The van der Waals surface area contributed by atoms with E-state index < -0.39 is 11.5 Å². The second kappa shape index (κ2) is 7.31. The summed E-state index contributed by atoms with van der Waals surface area (Å²) < 4.78 is 0. The van der Waals surface area contributed by atoms with Gasteiger partial charge in [0, 0.05) is 23.3 Å². The van der Waals surface area contributed by atoms with Crippen LogP contribution in [-0.2, 0) is 16.0 Å². The molecule has 0 radical (unpaired) electrons. The Kier molecular flexibility index (Phi) is 5.13. The van der Waals surface area contributed by atoms with E-state index in [4.69, 9.17) is 0 Å². The van der Waals surface area contributed by atoms with Crippen LogP contribution in [0.3, 0.4) is 0 Å². The maximum atomic E-state index is 12.4. The van der Waals surface area contributed by atoms with Crippen molar-refractivity contribution in [2.75, 3.05) is 0 Å². The van der Waals surface area contributed by atoms with E-state index in [1.165, 1.54) is 11.3 Å². The van der Waals surface area contributed by atoms with E-state index in [1.54, 1.807) is 12.4 Å². The lowest BCUT2D eigenvalue weighted by Gasteiger charge is -2.36. The fourth-order valence-corrected chi connectivity index (χ4v) is 3.94. The van der Waals surface area contributed by atoms with E-state index in [2.05, 4.69) is 22.2 Å². The molecular formula is C18H21N3O3S. The summed E-state index contributed by atoms with van der Waals surface area (Å²) in [5.41, 5.74) is 0.416. The lowest BCUT2D eigenvalue weighted by Crippen LogP contribution is -2.56. The lowest BCUT2D eigenvalue weighted by molar-refractivity contribution is -0.149. The quantitative estimate of drug-likeness (QED) is 0.856. The predicted octanol–water partition coefficient (Wildman–Crippen LogP) is 2.90. The molecule has 0 unspecified atom stereocenters. The summed E-state index contributed by atoms with van der Waals surface area (Å²) in [6.45, 7) is 2.11. The molecule has 2 aromatic rings. The Bertz CT molecular complexity index is 752. The van der Waals surface area contributed by atoms with Gasteiger partial charge in [-0.05, 0) is 43.7 Å². The van der Waals surface area contributed by atoms with Crippen LogP contribution in [0.25, 0.3) is 10.6 Å². The van der Waals surface area contributed by atoms with Crippen LogP contribution in [0.15, 0.2) is 29.9 Å². The summed E-state index contributed by atoms with van der Waals surface area (Å²) in [6, 6.07) is 3.75. The molecule has 0 bridgehead atoms. The molecule has 1 aliphatic rings. The molecule has 1 fully saturated rings. The molecule has 132 valence electrons. The van der Waals surface area contributed by atoms with Crippen LogP contribution in [0.5, 0.6) is 0 Å². The molecule has 6 nitrogen and oxygen atoms in total. The monoisotopic (exact) mass is 359 g/mol. The van der Waals surface area contributed by atoms with Gasteiger partial charge in [0.2, 0.25) is 5.91 Å². The van der Waals surface area contributed by atoms with E-state index in [9.17, 15) is 14.7 Å². The second-order valence-electron chi connectivity index (χ2n) is 6.68. The van der Waals surface area contributed by atoms with Gasteiger partial charge in [-0.3, -0.25) is 9.78 Å². The predicted molar refractivity (Wildman–Crippen MR) is 95.2 cm³/mol. The number of carbonyl (C=O) groups excluding carboxylic acids is 1. The average Bonchev–Trinajstić information content (AvgIpc) is 3.06. The number of nitrogens with zero attached hydrogens (tertiary/aromatic N) is 2. The molecule has 0 saturated heterocycles. The summed E-state index contributed by atoms with van der Waals surface area (Å²) in [6.07, 6.45) is 6.10. The van der Waals surface area contributed by atoms with Crippen molar-refractivity contribution >= 4 is 23.2 Å². The maximum absolute atomic E-state index is 12.4. The zero-order valence-electron chi connectivity index (χ0n) is 14.1. The van der Waals surface area contributed by atoms with E-state index in [0.717, 1.165) is 23.4 Å². The number of carbonyl (C=O) groups is 2. The van der Waals surface area contributed by atoms with Gasteiger partial charge in [0.15, 0.2) is 0 Å². The number of carboxylic acid groups (broad SMARTS) is 1. The van der Waals surface area contributed by atoms with E-state index in [-0.39, 0.29) is 12.3 Å². The van der Waals surface area contributed by atoms with E-state index >= 15 is 0 Å². The molecule has 0 atom stereocenters. The Morgan fingerprint density at radius 2 is 2.16 bits per heavy atom. The van der Waals surface area contributed by atoms with Crippen LogP contribution in [-0.4, -0.2) is 32.5 Å². The third-order valence-electron chi connectivity index (χ3n) is 4.72. The van der Waals surface area contributed by atoms with Crippen LogP contribution in [0, 0.1) is 5.92 Å². The maximum Gasteiger partial charge on any atom is 0.329 e.